The number of nitrogens with two attached hydrogens (primary N) is 7. The standard InChI is InChI=1S/C17H34N4O7.C17H4.C15H30N4O7.C9H17ClO5.C8H18N4O2/c1-3-28-16(23)14(5-4-6-20-17(18)19)21-15(22)13-27-12-11-26-10-9-25-8-7-24-2;1-3-5-7-9-11-13-15-17-16-14-12-10-8-6-4-2;1-23-5-6-24-7-8-25-9-10-26-11-13(20)19-12(14(21)22)3-2-4-18-15(16)17;1-12-2-3-13-4-5-14-6-7-15-8-9(10)11;1-2-14-7(13)6(9)4-3-5-12-8(10)11/h14H,3-13H2,1-2H3,(H,21,22)(H4,18,19,20);1H,2H3;12H,2-11H2,1H3,(H,19,20)(H,21,22)(H4,16,17,18);2-8H2,1H3;6H,2-5,9H2,1H3,(H4,10,11,12)/t14-;;12-;;6-/m0.0.0/s1. The minimum absolute atomic E-state index is 0.0196. The van der Waals surface area contributed by atoms with Gasteiger partial charge in [0.25, 0.3) is 0 Å². The number of ether oxygens (including phenoxy) is 14. The zero-order valence-corrected chi connectivity index (χ0v) is 59.1. The fourth-order valence-corrected chi connectivity index (χ4v) is 5.86. The smallest absolute Gasteiger partial charge is 0.328 e. The van der Waals surface area contributed by atoms with Gasteiger partial charge in [0, 0.05) is 41.0 Å². The molecule has 0 rings (SSSR count). The number of hydrogen-bond acceptors (Lipinski definition) is 24. The van der Waals surface area contributed by atoms with Gasteiger partial charge in [0.15, 0.2) is 17.9 Å². The van der Waals surface area contributed by atoms with Crippen molar-refractivity contribution in [3.8, 4) is 95.2 Å². The van der Waals surface area contributed by atoms with Gasteiger partial charge in [-0.2, -0.15) is 0 Å². The van der Waals surface area contributed by atoms with E-state index in [1.807, 2.05) is 0 Å². The van der Waals surface area contributed by atoms with E-state index in [1.54, 1.807) is 42.1 Å². The molecule has 0 saturated carbocycles. The molecule has 0 spiro atoms. The first-order valence-corrected chi connectivity index (χ1v) is 31.4. The van der Waals surface area contributed by atoms with Crippen molar-refractivity contribution in [2.75, 3.05) is 193 Å². The Morgan fingerprint density at radius 2 is 0.720 bits per heavy atom. The number of aliphatic carboxylic acids is 1. The first-order chi connectivity index (χ1) is 48.2. The van der Waals surface area contributed by atoms with Gasteiger partial charge in [0.1, 0.15) is 37.9 Å². The van der Waals surface area contributed by atoms with Crippen molar-refractivity contribution >= 4 is 64.4 Å². The molecule has 0 aliphatic rings. The van der Waals surface area contributed by atoms with Crippen LogP contribution in [0.25, 0.3) is 0 Å². The van der Waals surface area contributed by atoms with Crippen LogP contribution in [0.2, 0.25) is 0 Å². The average Bonchev–Trinajstić information content (AvgIpc) is 1.02. The number of nitrogens with one attached hydrogen (secondary N) is 2. The summed E-state index contributed by atoms with van der Waals surface area (Å²) in [7, 11) is 4.82. The van der Waals surface area contributed by atoms with E-state index in [-0.39, 0.29) is 69.9 Å². The molecular formula is C66H103ClN12O21. The number of halogens is 1. The molecular weight excluding hydrogens is 1330 g/mol. The number of rotatable bonds is 52. The van der Waals surface area contributed by atoms with E-state index in [0.29, 0.717) is 164 Å². The van der Waals surface area contributed by atoms with E-state index in [2.05, 4.69) is 114 Å². The molecule has 0 aromatic heterocycles. The average molecular weight is 1440 g/mol. The number of amides is 2. The Morgan fingerprint density at radius 3 is 1.03 bits per heavy atom. The quantitative estimate of drug-likeness (QED) is 0.00731. The van der Waals surface area contributed by atoms with Crippen LogP contribution in [0.1, 0.15) is 59.3 Å². The van der Waals surface area contributed by atoms with Gasteiger partial charge in [-0.3, -0.25) is 34.2 Å². The molecule has 0 heterocycles. The zero-order valence-electron chi connectivity index (χ0n) is 58.3. The number of terminal acetylenes is 1. The number of esters is 2. The number of aliphatic imine (C=N–C) groups is 3. The van der Waals surface area contributed by atoms with Crippen LogP contribution in [0.5, 0.6) is 0 Å². The summed E-state index contributed by atoms with van der Waals surface area (Å²) >= 11 is 5.05. The molecule has 0 aliphatic carbocycles. The summed E-state index contributed by atoms with van der Waals surface area (Å²) in [6.07, 6.45) is 7.58. The Hall–Kier alpha value is -8.92. The van der Waals surface area contributed by atoms with Gasteiger partial charge in [-0.25, -0.2) is 9.59 Å². The lowest BCUT2D eigenvalue weighted by atomic mass is 10.1. The fourth-order valence-electron chi connectivity index (χ4n) is 5.79. The molecule has 0 bridgehead atoms. The van der Waals surface area contributed by atoms with Crippen molar-refractivity contribution in [3.63, 3.8) is 0 Å². The number of carbonyl (C=O) groups is 6. The van der Waals surface area contributed by atoms with Crippen molar-refractivity contribution in [3.05, 3.63) is 0 Å². The maximum Gasteiger partial charge on any atom is 0.328 e. The van der Waals surface area contributed by atoms with Gasteiger partial charge in [0.2, 0.25) is 17.1 Å². The Balaban J connectivity index is -0.000000387. The molecule has 560 valence electrons. The van der Waals surface area contributed by atoms with Crippen molar-refractivity contribution in [1.82, 2.24) is 10.6 Å². The molecule has 0 aliphatic heterocycles. The normalized spacial score (nSPS) is 10.2. The van der Waals surface area contributed by atoms with E-state index in [4.69, 9.17) is 130 Å². The number of carbonyl (C=O) groups excluding carboxylic acids is 5. The molecule has 0 radical (unpaired) electrons. The molecule has 0 aromatic carbocycles. The van der Waals surface area contributed by atoms with E-state index in [0.717, 1.165) is 0 Å². The predicted octanol–water partition coefficient (Wildman–Crippen LogP) is -2.87. The van der Waals surface area contributed by atoms with E-state index in [9.17, 15) is 28.8 Å². The second kappa shape index (κ2) is 82.5. The lowest BCUT2D eigenvalue weighted by Gasteiger charge is -2.17. The highest BCUT2D eigenvalue weighted by atomic mass is 35.5. The summed E-state index contributed by atoms with van der Waals surface area (Å²) in [6.45, 7) is 14.3. The van der Waals surface area contributed by atoms with Crippen molar-refractivity contribution < 1.29 is 100 Å². The van der Waals surface area contributed by atoms with E-state index >= 15 is 0 Å². The van der Waals surface area contributed by atoms with E-state index < -0.39 is 47.1 Å². The van der Waals surface area contributed by atoms with Crippen LogP contribution in [0, 0.1) is 95.2 Å². The second-order valence-electron chi connectivity index (χ2n) is 18.2. The maximum absolute atomic E-state index is 12.0. The van der Waals surface area contributed by atoms with Crippen LogP contribution in [-0.2, 0) is 95.1 Å². The number of carboxylic acids is 1. The van der Waals surface area contributed by atoms with Crippen molar-refractivity contribution in [2.24, 2.45) is 55.1 Å². The van der Waals surface area contributed by atoms with Crippen LogP contribution in [0.4, 0.5) is 0 Å². The number of carboxylic acid groups (broad SMARTS) is 1. The summed E-state index contributed by atoms with van der Waals surface area (Å²) in [5.74, 6) is 34.0. The minimum atomic E-state index is -1.13. The second-order valence-corrected chi connectivity index (χ2v) is 18.6. The minimum Gasteiger partial charge on any atom is -0.480 e. The van der Waals surface area contributed by atoms with Crippen LogP contribution in [0.15, 0.2) is 15.0 Å². The monoisotopic (exact) mass is 1430 g/mol. The molecule has 100 heavy (non-hydrogen) atoms. The number of hydrogen-bond donors (Lipinski definition) is 10. The zero-order chi connectivity index (χ0) is 75.6. The number of guanidine groups is 3. The van der Waals surface area contributed by atoms with Gasteiger partial charge in [-0.15, -0.1) is 6.42 Å². The first kappa shape index (κ1) is 99.7. The highest BCUT2D eigenvalue weighted by Crippen LogP contribution is 2.03. The fraction of sp³-hybridized carbons (Fsp3) is 0.621. The van der Waals surface area contributed by atoms with Crippen LogP contribution in [0.3, 0.4) is 0 Å². The van der Waals surface area contributed by atoms with Crippen LogP contribution in [-0.4, -0.2) is 269 Å². The predicted molar refractivity (Wildman–Crippen MR) is 375 cm³/mol. The summed E-state index contributed by atoms with van der Waals surface area (Å²) < 4.78 is 70.7. The molecule has 0 aromatic rings. The Bertz CT molecular complexity index is 2770. The van der Waals surface area contributed by atoms with Gasteiger partial charge >= 0.3 is 17.9 Å². The third-order valence-corrected chi connectivity index (χ3v) is 10.3. The van der Waals surface area contributed by atoms with Gasteiger partial charge in [-0.05, 0) is 154 Å². The third-order valence-electron chi connectivity index (χ3n) is 10.1. The lowest BCUT2D eigenvalue weighted by molar-refractivity contribution is -0.148. The van der Waals surface area contributed by atoms with Gasteiger partial charge < -0.3 is 122 Å². The maximum atomic E-state index is 12.0. The molecule has 33 nitrogen and oxygen atoms in total. The molecule has 0 saturated heterocycles. The molecule has 17 N–H and O–H groups in total. The molecule has 2 amide bonds. The summed E-state index contributed by atoms with van der Waals surface area (Å²) in [4.78, 5) is 79.4. The van der Waals surface area contributed by atoms with Gasteiger partial charge in [-0.1, -0.05) is 5.92 Å². The van der Waals surface area contributed by atoms with Crippen LogP contribution >= 0.6 is 11.6 Å². The van der Waals surface area contributed by atoms with Gasteiger partial charge in [0.05, 0.1) is 132 Å². The molecule has 0 fully saturated rings. The summed E-state index contributed by atoms with van der Waals surface area (Å²) in [6, 6.07) is -2.37. The molecule has 0 unspecified atom stereocenters. The van der Waals surface area contributed by atoms with Crippen molar-refractivity contribution in [2.45, 2.75) is 77.4 Å². The first-order valence-electron chi connectivity index (χ1n) is 31.0. The third kappa shape index (κ3) is 89.1. The Labute approximate surface area is 593 Å². The number of methoxy groups -OCH3 is 3. The largest absolute Gasteiger partial charge is 0.480 e. The Morgan fingerprint density at radius 1 is 0.430 bits per heavy atom. The van der Waals surface area contributed by atoms with Crippen LogP contribution < -0.4 is 50.8 Å². The molecule has 34 heteroatoms. The van der Waals surface area contributed by atoms with Crippen molar-refractivity contribution in [1.29, 1.82) is 0 Å². The SMILES string of the molecule is C#CC#CC#CC#CC#CC#CC#CC#CC.CCOC(=O)[C@@H](N)CCCN=C(N)N.CCOC(=O)[C@H](CCCN=C(N)N)NC(=O)COCCOCCOCCOC.COCCOCCOCCOCC(=O)Cl.COCCOCCOCCOCC(=O)N[C@@H](CCCN=C(N)N)C(=O)O. The molecule has 3 atom stereocenters. The lowest BCUT2D eigenvalue weighted by Crippen LogP contribution is -2.43. The topological polar surface area (TPSA) is 495 Å². The number of nitrogens with zero attached hydrogens (tertiary/aromatic N) is 3. The van der Waals surface area contributed by atoms with E-state index in [1.165, 1.54) is 0 Å². The summed E-state index contributed by atoms with van der Waals surface area (Å²) in [5, 5.41) is 13.6. The highest BCUT2D eigenvalue weighted by molar-refractivity contribution is 6.63. The summed E-state index contributed by atoms with van der Waals surface area (Å²) in [5.41, 5.74) is 36.6. The highest BCUT2D eigenvalue weighted by Gasteiger charge is 2.22. The Kier molecular flexibility index (Phi) is 82.3.